The summed E-state index contributed by atoms with van der Waals surface area (Å²) in [6.45, 7) is 17.3. The van der Waals surface area contributed by atoms with Gasteiger partial charge in [-0.2, -0.15) is 10.5 Å². The molecular weight excluding hydrogens is 1080 g/mol. The van der Waals surface area contributed by atoms with Crippen molar-refractivity contribution in [3.05, 3.63) is 118 Å². The van der Waals surface area contributed by atoms with Crippen LogP contribution in [0.3, 0.4) is 0 Å². The van der Waals surface area contributed by atoms with Gasteiger partial charge in [0, 0.05) is 53.9 Å². The van der Waals surface area contributed by atoms with Crippen LogP contribution < -0.4 is 0 Å². The average molecular weight is 1160 g/mol. The third-order valence-electron chi connectivity index (χ3n) is 14.7. The Hall–Kier alpha value is -8.26. The van der Waals surface area contributed by atoms with E-state index in [4.69, 9.17) is 27.8 Å². The Kier molecular flexibility index (Phi) is 24.0. The molecule has 3 heterocycles. The molecule has 0 spiro atoms. The van der Waals surface area contributed by atoms with Gasteiger partial charge in [0.25, 0.3) is 23.6 Å². The number of benzene rings is 2. The first-order chi connectivity index (χ1) is 39.6. The number of esters is 4. The Labute approximate surface area is 493 Å². The van der Waals surface area contributed by atoms with Crippen molar-refractivity contribution in [2.45, 2.75) is 169 Å². The Morgan fingerprint density at radius 2 is 0.667 bits per heavy atom. The fourth-order valence-corrected chi connectivity index (χ4v) is 10.0. The van der Waals surface area contributed by atoms with Gasteiger partial charge in [-0.15, -0.1) is 0 Å². The lowest BCUT2D eigenvalue weighted by atomic mass is 9.99. The lowest BCUT2D eigenvalue weighted by Gasteiger charge is -2.35. The summed E-state index contributed by atoms with van der Waals surface area (Å²) >= 11 is 0. The molecule has 1 saturated heterocycles. The Bertz CT molecular complexity index is 2800. The number of cyclic esters (lactones) is 4. The number of hydrogen-bond acceptors (Lipinski definition) is 16. The van der Waals surface area contributed by atoms with Gasteiger partial charge in [-0.25, -0.2) is 19.2 Å². The summed E-state index contributed by atoms with van der Waals surface area (Å²) in [6.07, 6.45) is -2.46. The number of likely N-dealkylation sites (N-methyl/N-ethyl adjacent to an activating group) is 4. The predicted molar refractivity (Wildman–Crippen MR) is 308 cm³/mol. The Morgan fingerprint density at radius 3 is 0.929 bits per heavy atom. The molecule has 0 bridgehead atoms. The SMILES string of the molecule is CC(C)C[C@H]1C(=O)O[C@H](Cc2ccc(Cc3coc(C#N)c3)cc2)C(=O)N(C)[C@@H](CC(C)C)C(=O)O[C@H](C)C(=O)N(C)[C@@H](CC(C)C)C(=O)O[C@H](Cc2ccc(Cc3coc(C#N)c3)cc2)C(=O)N(C)[C@@H](CC(C)C)C(=O)O[C@H](C)C(=O)N1C. The highest BCUT2D eigenvalue weighted by molar-refractivity contribution is 5.94. The maximum absolute atomic E-state index is 15.0. The van der Waals surface area contributed by atoms with Gasteiger partial charge >= 0.3 is 23.9 Å². The van der Waals surface area contributed by atoms with Crippen molar-refractivity contribution < 1.29 is 66.1 Å². The van der Waals surface area contributed by atoms with E-state index in [2.05, 4.69) is 0 Å². The third kappa shape index (κ3) is 18.4. The number of carbonyl (C=O) groups excluding carboxylic acids is 8. The highest BCUT2D eigenvalue weighted by Crippen LogP contribution is 2.26. The van der Waals surface area contributed by atoms with Gasteiger partial charge in [-0.05, 0) is 109 Å². The minimum atomic E-state index is -1.57. The number of hydrogen-bond donors (Lipinski definition) is 0. The molecule has 0 radical (unpaired) electrons. The second-order valence-corrected chi connectivity index (χ2v) is 23.6. The quantitative estimate of drug-likeness (QED) is 0.0766. The highest BCUT2D eigenvalue weighted by Gasteiger charge is 2.43. The van der Waals surface area contributed by atoms with E-state index < -0.39 is 96.1 Å². The van der Waals surface area contributed by atoms with Crippen LogP contribution in [0.15, 0.2) is 82.0 Å². The number of carbonyl (C=O) groups is 8. The van der Waals surface area contributed by atoms with Crippen molar-refractivity contribution in [1.29, 1.82) is 10.5 Å². The molecule has 0 saturated carbocycles. The Morgan fingerprint density at radius 1 is 0.405 bits per heavy atom. The minimum absolute atomic E-state index is 0.0546. The summed E-state index contributed by atoms with van der Waals surface area (Å²) in [5.41, 5.74) is 4.37. The lowest BCUT2D eigenvalue weighted by molar-refractivity contribution is -0.176. The van der Waals surface area contributed by atoms with E-state index in [1.807, 2.05) is 91.8 Å². The van der Waals surface area contributed by atoms with Gasteiger partial charge in [-0.3, -0.25) is 19.2 Å². The molecule has 0 aliphatic carbocycles. The van der Waals surface area contributed by atoms with Crippen LogP contribution in [-0.2, 0) is 83.0 Å². The van der Waals surface area contributed by atoms with Crippen LogP contribution in [0.25, 0.3) is 0 Å². The average Bonchev–Trinajstić information content (AvgIpc) is 4.22. The van der Waals surface area contributed by atoms with Gasteiger partial charge in [-0.1, -0.05) is 104 Å². The van der Waals surface area contributed by atoms with E-state index in [-0.39, 0.29) is 73.7 Å². The predicted octanol–water partition coefficient (Wildman–Crippen LogP) is 7.78. The van der Waals surface area contributed by atoms with E-state index in [1.165, 1.54) is 54.6 Å². The van der Waals surface area contributed by atoms with E-state index in [9.17, 15) is 39.3 Å². The molecular formula is C64H82N6O14. The van der Waals surface area contributed by atoms with Crippen LogP contribution in [0.4, 0.5) is 0 Å². The standard InChI is InChI=1S/C64H82N6O14/c1-37(2)23-51-61(75)81-41(9)57(71)67(11)54(26-40(7)8)64(78)84-56(32-46-21-17-44(18-22-46)28-48-30-50(34-66)80-36-48)60(74)70(14)52(24-38(3)4)62(76)82-42(10)58(72)68(12)53(25-39(5)6)63(77)83-55(59(73)69(51)13)31-45-19-15-43(16-20-45)27-47-29-49(33-65)79-35-47/h15-22,29-30,35-42,51-56H,23-28,31-32H2,1-14H3/t41-,42-,51+,52+,53+,54+,55-,56-/m1/s1. The molecule has 4 aromatic rings. The normalized spacial score (nSPS) is 22.5. The lowest BCUT2D eigenvalue weighted by Crippen LogP contribution is -2.55. The van der Waals surface area contributed by atoms with Crippen LogP contribution in [0, 0.1) is 46.3 Å². The topological polar surface area (TPSA) is 260 Å². The number of rotatable bonds is 16. The summed E-state index contributed by atoms with van der Waals surface area (Å²) in [5, 5.41) is 18.5. The Balaban J connectivity index is 1.58. The molecule has 20 heteroatoms. The molecule has 0 unspecified atom stereocenters. The molecule has 2 aromatic carbocycles. The van der Waals surface area contributed by atoms with Crippen LogP contribution in [0.2, 0.25) is 0 Å². The van der Waals surface area contributed by atoms with E-state index >= 15 is 9.59 Å². The van der Waals surface area contributed by atoms with E-state index in [0.29, 0.717) is 24.0 Å². The maximum atomic E-state index is 15.0. The zero-order valence-corrected chi connectivity index (χ0v) is 50.9. The van der Waals surface area contributed by atoms with Crippen molar-refractivity contribution >= 4 is 47.5 Å². The smallest absolute Gasteiger partial charge is 0.329 e. The first-order valence-corrected chi connectivity index (χ1v) is 28.6. The van der Waals surface area contributed by atoms with Gasteiger partial charge < -0.3 is 47.4 Å². The second-order valence-electron chi connectivity index (χ2n) is 23.6. The van der Waals surface area contributed by atoms with E-state index in [0.717, 1.165) is 41.9 Å². The molecule has 452 valence electrons. The van der Waals surface area contributed by atoms with Crippen molar-refractivity contribution in [2.75, 3.05) is 28.2 Å². The van der Waals surface area contributed by atoms with Gasteiger partial charge in [0.2, 0.25) is 11.5 Å². The molecule has 1 aliphatic heterocycles. The molecule has 1 fully saturated rings. The minimum Gasteiger partial charge on any atom is -0.454 e. The van der Waals surface area contributed by atoms with Crippen molar-refractivity contribution in [1.82, 2.24) is 19.6 Å². The summed E-state index contributed by atoms with van der Waals surface area (Å²) in [5.74, 6) is -7.45. The fraction of sp³-hybridized carbons (Fsp3) is 0.531. The first-order valence-electron chi connectivity index (χ1n) is 28.6. The molecule has 0 N–H and O–H groups in total. The van der Waals surface area contributed by atoms with Crippen LogP contribution >= 0.6 is 0 Å². The molecule has 84 heavy (non-hydrogen) atoms. The van der Waals surface area contributed by atoms with E-state index in [1.54, 1.807) is 36.4 Å². The molecule has 1 aliphatic rings. The summed E-state index contributed by atoms with van der Waals surface area (Å²) < 4.78 is 34.7. The number of nitrogens with zero attached hydrogens (tertiary/aromatic N) is 6. The van der Waals surface area contributed by atoms with Crippen LogP contribution in [-0.4, -0.2) is 144 Å². The zero-order valence-electron chi connectivity index (χ0n) is 50.9. The number of furan rings is 2. The van der Waals surface area contributed by atoms with Gasteiger partial charge in [0.1, 0.15) is 36.3 Å². The molecule has 20 nitrogen and oxygen atoms in total. The number of nitriles is 2. The van der Waals surface area contributed by atoms with Crippen molar-refractivity contribution in [3.63, 3.8) is 0 Å². The molecule has 5 rings (SSSR count). The molecule has 8 atom stereocenters. The van der Waals surface area contributed by atoms with Crippen LogP contribution in [0.5, 0.6) is 0 Å². The monoisotopic (exact) mass is 1160 g/mol. The molecule has 4 amide bonds. The number of ether oxygens (including phenoxy) is 4. The number of amides is 4. The highest BCUT2D eigenvalue weighted by atomic mass is 16.6. The molecule has 2 aromatic heterocycles. The fourth-order valence-electron chi connectivity index (χ4n) is 10.0. The summed E-state index contributed by atoms with van der Waals surface area (Å²) in [6, 6.07) is 16.2. The second kappa shape index (κ2) is 30.3. The van der Waals surface area contributed by atoms with Gasteiger partial charge in [0.05, 0.1) is 12.5 Å². The largest absolute Gasteiger partial charge is 0.454 e. The first kappa shape index (κ1) is 66.5. The zero-order chi connectivity index (χ0) is 62.3. The summed E-state index contributed by atoms with van der Waals surface area (Å²) in [4.78, 5) is 122. The van der Waals surface area contributed by atoms with Crippen molar-refractivity contribution in [2.24, 2.45) is 23.7 Å². The van der Waals surface area contributed by atoms with Gasteiger partial charge in [0.15, 0.2) is 24.4 Å². The van der Waals surface area contributed by atoms with Crippen molar-refractivity contribution in [3.8, 4) is 12.1 Å². The van der Waals surface area contributed by atoms with Crippen LogP contribution in [0.1, 0.15) is 140 Å². The maximum Gasteiger partial charge on any atom is 0.329 e. The third-order valence-corrected chi connectivity index (χ3v) is 14.7. The summed E-state index contributed by atoms with van der Waals surface area (Å²) in [7, 11) is 5.47.